The molecule has 2 fully saturated rings. The van der Waals surface area contributed by atoms with Gasteiger partial charge in [0.15, 0.2) is 0 Å². The predicted molar refractivity (Wildman–Crippen MR) is 114 cm³/mol. The molecule has 2 aliphatic rings. The molecule has 1 aromatic heterocycles. The number of anilines is 3. The van der Waals surface area contributed by atoms with Crippen molar-refractivity contribution in [2.24, 2.45) is 5.10 Å². The molecule has 2 N–H and O–H groups in total. The van der Waals surface area contributed by atoms with Gasteiger partial charge >= 0.3 is 5.69 Å². The van der Waals surface area contributed by atoms with Crippen LogP contribution >= 0.6 is 11.6 Å². The van der Waals surface area contributed by atoms with E-state index in [1.807, 2.05) is 0 Å². The maximum atomic E-state index is 11.0. The third-order valence-electron chi connectivity index (χ3n) is 5.04. The summed E-state index contributed by atoms with van der Waals surface area (Å²) in [6, 6.07) is 2.46. The van der Waals surface area contributed by atoms with Crippen molar-refractivity contribution in [1.29, 1.82) is 0 Å². The number of hydrogen-bond donors (Lipinski definition) is 2. The first-order chi connectivity index (χ1) is 14.5. The number of rotatable bonds is 6. The van der Waals surface area contributed by atoms with Crippen LogP contribution in [0.2, 0.25) is 5.02 Å². The molecule has 11 nitrogen and oxygen atoms in total. The molecule has 0 amide bonds. The Morgan fingerprint density at radius 1 is 1.07 bits per heavy atom. The highest BCUT2D eigenvalue weighted by molar-refractivity contribution is 6.31. The maximum Gasteiger partial charge on any atom is 0.312 e. The summed E-state index contributed by atoms with van der Waals surface area (Å²) in [6.07, 6.45) is 5.62. The number of nitro groups is 1. The molecule has 0 spiro atoms. The molecule has 0 bridgehead atoms. The molecule has 12 heteroatoms. The van der Waals surface area contributed by atoms with Crippen molar-refractivity contribution >= 4 is 41.3 Å². The molecule has 4 rings (SSSR count). The quantitative estimate of drug-likeness (QED) is 0.401. The van der Waals surface area contributed by atoms with Crippen LogP contribution in [0.3, 0.4) is 0 Å². The smallest absolute Gasteiger partial charge is 0.312 e. The predicted octanol–water partition coefficient (Wildman–Crippen LogP) is 2.79. The fourth-order valence-corrected chi connectivity index (χ4v) is 3.74. The molecule has 2 aliphatic heterocycles. The number of nitrogens with zero attached hydrogens (tertiary/aromatic N) is 7. The lowest BCUT2D eigenvalue weighted by Gasteiger charge is -2.20. The van der Waals surface area contributed by atoms with E-state index in [1.165, 1.54) is 12.3 Å². The van der Waals surface area contributed by atoms with E-state index in [1.54, 1.807) is 0 Å². The van der Waals surface area contributed by atoms with Crippen LogP contribution in [-0.4, -0.2) is 57.4 Å². The summed E-state index contributed by atoms with van der Waals surface area (Å²) in [5.41, 5.74) is 2.36. The fourth-order valence-electron chi connectivity index (χ4n) is 3.52. The van der Waals surface area contributed by atoms with Crippen molar-refractivity contribution < 1.29 is 10.0 Å². The Hall–Kier alpha value is -3.21. The Kier molecular flexibility index (Phi) is 5.79. The number of phenols is 1. The van der Waals surface area contributed by atoms with Crippen LogP contribution in [-0.2, 0) is 0 Å². The average molecular weight is 433 g/mol. The zero-order valence-electron chi connectivity index (χ0n) is 16.2. The molecule has 0 atom stereocenters. The average Bonchev–Trinajstić information content (AvgIpc) is 3.44. The van der Waals surface area contributed by atoms with Crippen LogP contribution in [0.5, 0.6) is 5.75 Å². The van der Waals surface area contributed by atoms with E-state index in [0.29, 0.717) is 11.9 Å². The molecule has 0 unspecified atom stereocenters. The van der Waals surface area contributed by atoms with Gasteiger partial charge in [0, 0.05) is 42.8 Å². The fraction of sp³-hybridized carbons (Fsp3) is 0.444. The van der Waals surface area contributed by atoms with Crippen LogP contribution in [0, 0.1) is 10.1 Å². The van der Waals surface area contributed by atoms with E-state index in [0.717, 1.165) is 57.9 Å². The highest BCUT2D eigenvalue weighted by Gasteiger charge is 2.22. The Balaban J connectivity index is 1.59. The normalized spacial score (nSPS) is 16.6. The van der Waals surface area contributed by atoms with Gasteiger partial charge in [-0.15, -0.1) is 0 Å². The van der Waals surface area contributed by atoms with Gasteiger partial charge in [-0.3, -0.25) is 10.1 Å². The summed E-state index contributed by atoms with van der Waals surface area (Å²) in [4.78, 5) is 28.1. The topological polar surface area (TPSA) is 133 Å². The number of aromatic nitrogens is 3. The lowest BCUT2D eigenvalue weighted by atomic mass is 10.2. The van der Waals surface area contributed by atoms with E-state index in [-0.39, 0.29) is 16.5 Å². The minimum absolute atomic E-state index is 0.107. The zero-order chi connectivity index (χ0) is 21.1. The van der Waals surface area contributed by atoms with E-state index in [4.69, 9.17) is 11.6 Å². The molecule has 158 valence electrons. The monoisotopic (exact) mass is 432 g/mol. The van der Waals surface area contributed by atoms with Crippen LogP contribution in [0.15, 0.2) is 17.2 Å². The lowest BCUT2D eigenvalue weighted by Crippen LogP contribution is -2.25. The first-order valence-corrected chi connectivity index (χ1v) is 10.1. The first-order valence-electron chi connectivity index (χ1n) is 9.73. The summed E-state index contributed by atoms with van der Waals surface area (Å²) in [6.45, 7) is 3.58. The third kappa shape index (κ3) is 4.35. The van der Waals surface area contributed by atoms with Crippen LogP contribution < -0.4 is 15.2 Å². The van der Waals surface area contributed by atoms with Crippen LogP contribution in [0.25, 0.3) is 0 Å². The Morgan fingerprint density at radius 3 is 2.17 bits per heavy atom. The van der Waals surface area contributed by atoms with Gasteiger partial charge in [0.25, 0.3) is 0 Å². The molecule has 1 aromatic carbocycles. The summed E-state index contributed by atoms with van der Waals surface area (Å²) in [7, 11) is 0. The number of hydrazone groups is 1. The van der Waals surface area contributed by atoms with Crippen molar-refractivity contribution in [1.82, 2.24) is 15.0 Å². The van der Waals surface area contributed by atoms with Crippen molar-refractivity contribution in [3.63, 3.8) is 0 Å². The van der Waals surface area contributed by atoms with Gasteiger partial charge < -0.3 is 14.9 Å². The SMILES string of the molecule is O=[N+]([O-])c1cc(Cl)cc(/C=N\Nc2nc(N3CCCC3)nc(N3CCCC3)n2)c1O. The molecule has 0 aliphatic carbocycles. The van der Waals surface area contributed by atoms with Crippen molar-refractivity contribution in [2.45, 2.75) is 25.7 Å². The number of nitro benzene ring substituents is 1. The number of hydrogen-bond acceptors (Lipinski definition) is 10. The summed E-state index contributed by atoms with van der Waals surface area (Å²) in [5.74, 6) is 0.953. The second-order valence-electron chi connectivity index (χ2n) is 7.14. The summed E-state index contributed by atoms with van der Waals surface area (Å²) in [5, 5.41) is 25.3. The molecular formula is C18H21ClN8O3. The molecule has 30 heavy (non-hydrogen) atoms. The molecule has 0 saturated carbocycles. The number of benzene rings is 1. The van der Waals surface area contributed by atoms with Gasteiger partial charge in [0.05, 0.1) is 11.1 Å². The third-order valence-corrected chi connectivity index (χ3v) is 5.26. The van der Waals surface area contributed by atoms with Crippen molar-refractivity contribution in [3.8, 4) is 5.75 Å². The lowest BCUT2D eigenvalue weighted by molar-refractivity contribution is -0.385. The van der Waals surface area contributed by atoms with Crippen LogP contribution in [0.1, 0.15) is 31.2 Å². The number of aromatic hydroxyl groups is 1. The van der Waals surface area contributed by atoms with Gasteiger partial charge in [-0.05, 0) is 31.7 Å². The van der Waals surface area contributed by atoms with Gasteiger partial charge in [-0.2, -0.15) is 20.1 Å². The van der Waals surface area contributed by atoms with Crippen LogP contribution in [0.4, 0.5) is 23.5 Å². The molecule has 2 saturated heterocycles. The minimum Gasteiger partial charge on any atom is -0.502 e. The standard InChI is InChI=1S/C18H21ClN8O3/c19-13-9-12(15(28)14(10-13)27(29)30)11-20-24-16-21-17(25-5-1-2-6-25)23-18(22-16)26-7-3-4-8-26/h9-11,28H,1-8H2,(H,21,22,23,24)/b20-11-. The largest absolute Gasteiger partial charge is 0.502 e. The van der Waals surface area contributed by atoms with Gasteiger partial charge in [0.2, 0.25) is 23.6 Å². The first kappa shape index (κ1) is 20.1. The molecule has 3 heterocycles. The number of halogens is 1. The highest BCUT2D eigenvalue weighted by Crippen LogP contribution is 2.32. The minimum atomic E-state index is -0.706. The summed E-state index contributed by atoms with van der Waals surface area (Å²) >= 11 is 5.91. The number of nitrogens with one attached hydrogen (secondary N) is 1. The summed E-state index contributed by atoms with van der Waals surface area (Å²) < 4.78 is 0. The number of phenolic OH excluding ortho intramolecular Hbond substituents is 1. The molecular weight excluding hydrogens is 412 g/mol. The van der Waals surface area contributed by atoms with Crippen molar-refractivity contribution in [3.05, 3.63) is 32.8 Å². The van der Waals surface area contributed by atoms with Gasteiger partial charge in [-0.1, -0.05) is 11.6 Å². The van der Waals surface area contributed by atoms with E-state index in [9.17, 15) is 15.2 Å². The molecule has 2 aromatic rings. The van der Waals surface area contributed by atoms with Crippen molar-refractivity contribution in [2.75, 3.05) is 41.4 Å². The Morgan fingerprint density at radius 2 is 1.63 bits per heavy atom. The maximum absolute atomic E-state index is 11.0. The highest BCUT2D eigenvalue weighted by atomic mass is 35.5. The molecule has 0 radical (unpaired) electrons. The Labute approximate surface area is 177 Å². The van der Waals surface area contributed by atoms with Gasteiger partial charge in [-0.25, -0.2) is 5.43 Å². The second kappa shape index (κ2) is 8.66. The second-order valence-corrected chi connectivity index (χ2v) is 7.57. The van der Waals surface area contributed by atoms with Gasteiger partial charge in [0.1, 0.15) is 0 Å². The Bertz CT molecular complexity index is 940. The van der Waals surface area contributed by atoms with E-state index >= 15 is 0 Å². The van der Waals surface area contributed by atoms with E-state index < -0.39 is 16.4 Å². The zero-order valence-corrected chi connectivity index (χ0v) is 16.9. The van der Waals surface area contributed by atoms with E-state index in [2.05, 4.69) is 35.3 Å².